The maximum absolute atomic E-state index is 13.4. The van der Waals surface area contributed by atoms with Gasteiger partial charge in [-0.3, -0.25) is 4.68 Å². The molecule has 0 atom stereocenters. The van der Waals surface area contributed by atoms with Crippen LogP contribution in [-0.2, 0) is 36.1 Å². The second-order valence-electron chi connectivity index (χ2n) is 8.61. The van der Waals surface area contributed by atoms with Crippen LogP contribution in [0.5, 0.6) is 0 Å². The quantitative estimate of drug-likeness (QED) is 0.580. The summed E-state index contributed by atoms with van der Waals surface area (Å²) in [6.45, 7) is 9.78. The van der Waals surface area contributed by atoms with Gasteiger partial charge in [0.2, 0.25) is 10.0 Å². The van der Waals surface area contributed by atoms with Crippen molar-refractivity contribution in [1.82, 2.24) is 28.8 Å². The summed E-state index contributed by atoms with van der Waals surface area (Å²) < 4.78 is 37.7. The summed E-state index contributed by atoms with van der Waals surface area (Å²) in [4.78, 5) is 4.85. The average molecular weight is 445 g/mol. The first-order valence-electron chi connectivity index (χ1n) is 10.8. The van der Waals surface area contributed by atoms with Crippen molar-refractivity contribution in [3.8, 4) is 11.5 Å². The first-order chi connectivity index (χ1) is 14.8. The van der Waals surface area contributed by atoms with Crippen molar-refractivity contribution in [1.29, 1.82) is 0 Å². The molecule has 9 nitrogen and oxygen atoms in total. The highest BCUT2D eigenvalue weighted by molar-refractivity contribution is 7.89. The molecule has 0 saturated heterocycles. The van der Waals surface area contributed by atoms with Gasteiger partial charge >= 0.3 is 0 Å². The van der Waals surface area contributed by atoms with E-state index in [9.17, 15) is 8.42 Å². The highest BCUT2D eigenvalue weighted by Gasteiger charge is 2.37. The predicted octanol–water partition coefficient (Wildman–Crippen LogP) is 2.84. The van der Waals surface area contributed by atoms with E-state index in [1.165, 1.54) is 17.1 Å². The van der Waals surface area contributed by atoms with Crippen LogP contribution in [0.2, 0.25) is 0 Å². The molecular formula is C21H28N6O3S. The molecule has 1 fully saturated rings. The molecule has 0 unspecified atom stereocenters. The molecule has 0 N–H and O–H groups in total. The zero-order valence-electron chi connectivity index (χ0n) is 18.4. The summed E-state index contributed by atoms with van der Waals surface area (Å²) in [5, 5.41) is 8.72. The van der Waals surface area contributed by atoms with Crippen LogP contribution < -0.4 is 0 Å². The Morgan fingerprint density at radius 3 is 2.65 bits per heavy atom. The molecule has 166 valence electrons. The van der Waals surface area contributed by atoms with Crippen LogP contribution in [0.1, 0.15) is 48.2 Å². The molecule has 5 rings (SSSR count). The van der Waals surface area contributed by atoms with Gasteiger partial charge in [0.15, 0.2) is 11.6 Å². The van der Waals surface area contributed by atoms with E-state index in [-0.39, 0.29) is 11.4 Å². The highest BCUT2D eigenvalue weighted by atomic mass is 32.2. The van der Waals surface area contributed by atoms with Gasteiger partial charge in [0.25, 0.3) is 0 Å². The Morgan fingerprint density at radius 2 is 2.00 bits per heavy atom. The molecule has 0 bridgehead atoms. The monoisotopic (exact) mass is 444 g/mol. The Balaban J connectivity index is 1.57. The van der Waals surface area contributed by atoms with E-state index in [1.54, 1.807) is 13.8 Å². The molecule has 0 aromatic carbocycles. The van der Waals surface area contributed by atoms with Gasteiger partial charge in [-0.05, 0) is 46.5 Å². The molecule has 4 heterocycles. The fraction of sp³-hybridized carbons (Fsp3) is 0.571. The third kappa shape index (κ3) is 3.32. The molecule has 0 radical (unpaired) electrons. The van der Waals surface area contributed by atoms with Gasteiger partial charge in [0.1, 0.15) is 16.3 Å². The summed E-state index contributed by atoms with van der Waals surface area (Å²) in [5.74, 6) is 1.86. The van der Waals surface area contributed by atoms with Crippen LogP contribution in [0.4, 0.5) is 0 Å². The van der Waals surface area contributed by atoms with Gasteiger partial charge in [-0.1, -0.05) is 5.16 Å². The third-order valence-corrected chi connectivity index (χ3v) is 8.46. The summed E-state index contributed by atoms with van der Waals surface area (Å²) in [7, 11) is -3.72. The first-order valence-corrected chi connectivity index (χ1v) is 12.3. The van der Waals surface area contributed by atoms with Crippen molar-refractivity contribution in [2.24, 2.45) is 5.92 Å². The Morgan fingerprint density at radius 1 is 1.23 bits per heavy atom. The van der Waals surface area contributed by atoms with E-state index in [4.69, 9.17) is 9.62 Å². The second-order valence-corrected chi connectivity index (χ2v) is 10.5. The van der Waals surface area contributed by atoms with Crippen LogP contribution in [0, 0.1) is 26.7 Å². The van der Waals surface area contributed by atoms with E-state index in [0.717, 1.165) is 41.6 Å². The SMILES string of the molecule is CCn1nc(-c2ncc(C)n2CC2CC2)c2c1CCN(S(=O)(=O)c1c(C)noc1C)C2. The zero-order chi connectivity index (χ0) is 21.9. The standard InChI is InChI=1S/C21H28N6O3S/c1-5-27-18-8-9-25(31(28,29)20-14(3)24-30-15(20)4)12-17(18)19(23-27)21-22-10-13(2)26(21)11-16-6-7-16/h10,16H,5-9,11-12H2,1-4H3. The van der Waals surface area contributed by atoms with E-state index in [1.807, 2.05) is 10.9 Å². The maximum Gasteiger partial charge on any atom is 0.248 e. The van der Waals surface area contributed by atoms with Crippen LogP contribution in [0.25, 0.3) is 11.5 Å². The zero-order valence-corrected chi connectivity index (χ0v) is 19.2. The largest absolute Gasteiger partial charge is 0.360 e. The van der Waals surface area contributed by atoms with E-state index in [0.29, 0.717) is 30.3 Å². The average Bonchev–Trinajstić information content (AvgIpc) is 3.25. The number of sulfonamides is 1. The first kappa shape index (κ1) is 20.4. The molecule has 0 spiro atoms. The molecular weight excluding hydrogens is 416 g/mol. The lowest BCUT2D eigenvalue weighted by atomic mass is 10.1. The molecule has 3 aromatic heterocycles. The minimum atomic E-state index is -3.72. The van der Waals surface area contributed by atoms with Crippen molar-refractivity contribution >= 4 is 10.0 Å². The number of aryl methyl sites for hydroxylation is 4. The maximum atomic E-state index is 13.4. The number of imidazole rings is 1. The topological polar surface area (TPSA) is 99.1 Å². The van der Waals surface area contributed by atoms with Gasteiger partial charge in [-0.25, -0.2) is 13.4 Å². The van der Waals surface area contributed by atoms with E-state index in [2.05, 4.69) is 28.6 Å². The number of aromatic nitrogens is 5. The van der Waals surface area contributed by atoms with Gasteiger partial charge in [0.05, 0.1) is 0 Å². The lowest BCUT2D eigenvalue weighted by Gasteiger charge is -2.27. The van der Waals surface area contributed by atoms with Crippen LogP contribution in [0.15, 0.2) is 15.6 Å². The normalized spacial score (nSPS) is 17.3. The summed E-state index contributed by atoms with van der Waals surface area (Å²) >= 11 is 0. The highest BCUT2D eigenvalue weighted by Crippen LogP contribution is 2.36. The fourth-order valence-corrected chi connectivity index (χ4v) is 6.22. The van der Waals surface area contributed by atoms with E-state index < -0.39 is 10.0 Å². The summed E-state index contributed by atoms with van der Waals surface area (Å²) in [6, 6.07) is 0. The lowest BCUT2D eigenvalue weighted by molar-refractivity contribution is 0.378. The Labute approximate surface area is 182 Å². The van der Waals surface area contributed by atoms with Crippen LogP contribution in [0.3, 0.4) is 0 Å². The molecule has 0 amide bonds. The molecule has 2 aliphatic rings. The molecule has 3 aromatic rings. The second kappa shape index (κ2) is 7.30. The number of fused-ring (bicyclic) bond motifs is 1. The fourth-order valence-electron chi connectivity index (χ4n) is 4.52. The third-order valence-electron chi connectivity index (χ3n) is 6.37. The molecule has 10 heteroatoms. The van der Waals surface area contributed by atoms with Crippen LogP contribution >= 0.6 is 0 Å². The van der Waals surface area contributed by atoms with Crippen molar-refractivity contribution in [2.75, 3.05) is 6.54 Å². The van der Waals surface area contributed by atoms with Crippen molar-refractivity contribution in [3.63, 3.8) is 0 Å². The van der Waals surface area contributed by atoms with E-state index >= 15 is 0 Å². The van der Waals surface area contributed by atoms with Crippen molar-refractivity contribution in [3.05, 3.63) is 34.6 Å². The lowest BCUT2D eigenvalue weighted by Crippen LogP contribution is -2.37. The summed E-state index contributed by atoms with van der Waals surface area (Å²) in [5.41, 5.74) is 4.35. The van der Waals surface area contributed by atoms with Crippen LogP contribution in [-0.4, -0.2) is 43.8 Å². The van der Waals surface area contributed by atoms with Gasteiger partial charge in [-0.2, -0.15) is 9.40 Å². The number of hydrogen-bond donors (Lipinski definition) is 0. The minimum Gasteiger partial charge on any atom is -0.360 e. The Kier molecular flexibility index (Phi) is 4.82. The van der Waals surface area contributed by atoms with Gasteiger partial charge in [0, 0.05) is 55.7 Å². The van der Waals surface area contributed by atoms with Gasteiger partial charge in [-0.15, -0.1) is 0 Å². The van der Waals surface area contributed by atoms with Crippen molar-refractivity contribution in [2.45, 2.75) is 71.5 Å². The number of hydrogen-bond acceptors (Lipinski definition) is 6. The van der Waals surface area contributed by atoms with Crippen molar-refractivity contribution < 1.29 is 12.9 Å². The predicted molar refractivity (Wildman–Crippen MR) is 114 cm³/mol. The minimum absolute atomic E-state index is 0.173. The Bertz CT molecular complexity index is 1230. The number of nitrogens with zero attached hydrogens (tertiary/aromatic N) is 6. The molecule has 1 saturated carbocycles. The van der Waals surface area contributed by atoms with Gasteiger partial charge < -0.3 is 9.09 Å². The number of rotatable bonds is 6. The smallest absolute Gasteiger partial charge is 0.248 e. The molecule has 1 aliphatic carbocycles. The molecule has 1 aliphatic heterocycles. The summed E-state index contributed by atoms with van der Waals surface area (Å²) in [6.07, 6.45) is 5.00. The Hall–Kier alpha value is -2.46. The molecule has 31 heavy (non-hydrogen) atoms.